The highest BCUT2D eigenvalue weighted by atomic mass is 16.6. The molecule has 1 heterocycles. The first-order chi connectivity index (χ1) is 10.6. The maximum absolute atomic E-state index is 11.8. The minimum Gasteiger partial charge on any atom is -0.481 e. The Balaban J connectivity index is 3.29. The lowest BCUT2D eigenvalue weighted by atomic mass is 9.98. The number of pyridine rings is 1. The van der Waals surface area contributed by atoms with Gasteiger partial charge in [-0.1, -0.05) is 0 Å². The van der Waals surface area contributed by atoms with Crippen molar-refractivity contribution >= 4 is 23.4 Å². The van der Waals surface area contributed by atoms with E-state index in [-0.39, 0.29) is 24.2 Å². The summed E-state index contributed by atoms with van der Waals surface area (Å²) in [5.74, 6) is -1.90. The van der Waals surface area contributed by atoms with Gasteiger partial charge in [0.15, 0.2) is 0 Å². The molecule has 9 heteroatoms. The Hall–Kier alpha value is -2.71. The minimum atomic E-state index is -0.971. The lowest BCUT2D eigenvalue weighted by molar-refractivity contribution is -0.384. The number of nitrogens with zero attached hydrogens (tertiary/aromatic N) is 2. The number of carboxylic acids is 1. The zero-order chi connectivity index (χ0) is 17.8. The van der Waals surface area contributed by atoms with E-state index in [1.54, 1.807) is 20.8 Å². The number of ether oxygens (including phenoxy) is 1. The van der Waals surface area contributed by atoms with Crippen LogP contribution in [0, 0.1) is 17.0 Å². The summed E-state index contributed by atoms with van der Waals surface area (Å²) in [6, 6.07) is 1.28. The fraction of sp³-hybridized carbons (Fsp3) is 0.500. The summed E-state index contributed by atoms with van der Waals surface area (Å²) in [6.45, 7) is 4.98. The molecule has 9 nitrogen and oxygen atoms in total. The van der Waals surface area contributed by atoms with Gasteiger partial charge in [-0.3, -0.25) is 14.9 Å². The molecule has 1 rings (SSSR count). The van der Waals surface area contributed by atoms with E-state index in [0.29, 0.717) is 5.69 Å². The van der Waals surface area contributed by atoms with Gasteiger partial charge in [-0.2, -0.15) is 0 Å². The minimum absolute atomic E-state index is 0.0919. The first-order valence-electron chi connectivity index (χ1n) is 6.81. The number of carbonyl (C=O) groups excluding carboxylic acids is 1. The van der Waals surface area contributed by atoms with Crippen LogP contribution in [0.5, 0.6) is 0 Å². The lowest BCUT2D eigenvalue weighted by Crippen LogP contribution is -2.32. The molecule has 0 aliphatic rings. The Bertz CT molecular complexity index is 642. The first-order valence-corrected chi connectivity index (χ1v) is 6.81. The summed E-state index contributed by atoms with van der Waals surface area (Å²) in [5, 5.41) is 23.0. The number of nitro groups is 1. The van der Waals surface area contributed by atoms with E-state index in [9.17, 15) is 19.7 Å². The molecule has 0 spiro atoms. The number of methoxy groups -OCH3 is 1. The van der Waals surface area contributed by atoms with Crippen LogP contribution in [0.3, 0.4) is 0 Å². The van der Waals surface area contributed by atoms with E-state index >= 15 is 0 Å². The molecule has 0 aliphatic carbocycles. The number of esters is 1. The monoisotopic (exact) mass is 325 g/mol. The second kappa shape index (κ2) is 7.03. The fourth-order valence-corrected chi connectivity index (χ4v) is 2.01. The number of nitrogens with one attached hydrogen (secondary N) is 1. The molecule has 2 N–H and O–H groups in total. The molecule has 0 aromatic carbocycles. The summed E-state index contributed by atoms with van der Waals surface area (Å²) in [7, 11) is 1.13. The summed E-state index contributed by atoms with van der Waals surface area (Å²) >= 11 is 0. The van der Waals surface area contributed by atoms with Crippen LogP contribution in [0.15, 0.2) is 6.07 Å². The van der Waals surface area contributed by atoms with Crippen LogP contribution >= 0.6 is 0 Å². The Labute approximate surface area is 132 Å². The predicted octanol–water partition coefficient (Wildman–Crippen LogP) is 2.14. The van der Waals surface area contributed by atoms with Crippen molar-refractivity contribution in [3.8, 4) is 0 Å². The standard InChI is InChI=1S/C14H19N3O6/c1-8-7-9(13(20)23-4)11(17(21)22)12(15-8)16-14(2,3)6-5-10(18)19/h7H,5-6H2,1-4H3,(H,15,16)(H,18,19). The second-order valence-corrected chi connectivity index (χ2v) is 5.66. The number of hydrogen-bond donors (Lipinski definition) is 2. The molecule has 0 fully saturated rings. The zero-order valence-corrected chi connectivity index (χ0v) is 13.4. The maximum atomic E-state index is 11.8. The van der Waals surface area contributed by atoms with E-state index in [0.717, 1.165) is 7.11 Å². The molecule has 126 valence electrons. The molecule has 0 aliphatic heterocycles. The average molecular weight is 325 g/mol. The Kier molecular flexibility index (Phi) is 5.61. The highest BCUT2D eigenvalue weighted by Crippen LogP contribution is 2.31. The lowest BCUT2D eigenvalue weighted by Gasteiger charge is -2.26. The molecular formula is C14H19N3O6. The van der Waals surface area contributed by atoms with Crippen molar-refractivity contribution in [1.29, 1.82) is 0 Å². The van der Waals surface area contributed by atoms with Crippen molar-refractivity contribution in [2.75, 3.05) is 12.4 Å². The molecule has 0 saturated heterocycles. The molecule has 0 bridgehead atoms. The summed E-state index contributed by atoms with van der Waals surface area (Å²) < 4.78 is 4.57. The van der Waals surface area contributed by atoms with Crippen molar-refractivity contribution in [1.82, 2.24) is 4.98 Å². The van der Waals surface area contributed by atoms with Gasteiger partial charge in [0, 0.05) is 17.7 Å². The van der Waals surface area contributed by atoms with Gasteiger partial charge >= 0.3 is 17.6 Å². The normalized spacial score (nSPS) is 11.0. The van der Waals surface area contributed by atoms with Gasteiger partial charge in [0.1, 0.15) is 5.56 Å². The van der Waals surface area contributed by atoms with Gasteiger partial charge < -0.3 is 15.2 Å². The number of aryl methyl sites for hydroxylation is 1. The number of carboxylic acid groups (broad SMARTS) is 1. The molecule has 0 amide bonds. The highest BCUT2D eigenvalue weighted by molar-refractivity contribution is 5.96. The smallest absolute Gasteiger partial charge is 0.345 e. The van der Waals surface area contributed by atoms with Crippen LogP contribution in [0.2, 0.25) is 0 Å². The molecule has 23 heavy (non-hydrogen) atoms. The van der Waals surface area contributed by atoms with E-state index in [1.807, 2.05) is 0 Å². The molecule has 0 saturated carbocycles. The van der Waals surface area contributed by atoms with E-state index in [2.05, 4.69) is 15.0 Å². The fourth-order valence-electron chi connectivity index (χ4n) is 2.01. The van der Waals surface area contributed by atoms with Crippen LogP contribution in [-0.4, -0.2) is 39.6 Å². The number of anilines is 1. The third-order valence-corrected chi connectivity index (χ3v) is 3.13. The molecule has 1 aromatic heterocycles. The predicted molar refractivity (Wildman–Crippen MR) is 81.5 cm³/mol. The van der Waals surface area contributed by atoms with Gasteiger partial charge in [-0.25, -0.2) is 9.78 Å². The van der Waals surface area contributed by atoms with Crippen molar-refractivity contribution in [2.24, 2.45) is 0 Å². The molecule has 1 aromatic rings. The van der Waals surface area contributed by atoms with E-state index < -0.39 is 28.1 Å². The highest BCUT2D eigenvalue weighted by Gasteiger charge is 2.30. The van der Waals surface area contributed by atoms with E-state index in [1.165, 1.54) is 6.07 Å². The number of rotatable bonds is 7. The zero-order valence-electron chi connectivity index (χ0n) is 13.4. The largest absolute Gasteiger partial charge is 0.481 e. The molecule has 0 radical (unpaired) electrons. The van der Waals surface area contributed by atoms with Gasteiger partial charge in [0.05, 0.1) is 12.0 Å². The van der Waals surface area contributed by atoms with Crippen LogP contribution in [-0.2, 0) is 9.53 Å². The quantitative estimate of drug-likeness (QED) is 0.442. The Morgan fingerprint density at radius 2 is 2.09 bits per heavy atom. The van der Waals surface area contributed by atoms with Gasteiger partial charge in [0.2, 0.25) is 5.82 Å². The second-order valence-electron chi connectivity index (χ2n) is 5.66. The summed E-state index contributed by atoms with van der Waals surface area (Å²) in [6.07, 6.45) is 0.117. The van der Waals surface area contributed by atoms with Crippen molar-refractivity contribution in [3.05, 3.63) is 27.4 Å². The molecule has 0 unspecified atom stereocenters. The molecule has 0 atom stereocenters. The van der Waals surface area contributed by atoms with Crippen molar-refractivity contribution in [2.45, 2.75) is 39.2 Å². The third-order valence-electron chi connectivity index (χ3n) is 3.13. The first kappa shape index (κ1) is 18.3. The number of aliphatic carboxylic acids is 1. The van der Waals surface area contributed by atoms with E-state index in [4.69, 9.17) is 5.11 Å². The topological polar surface area (TPSA) is 132 Å². The summed E-state index contributed by atoms with van der Waals surface area (Å²) in [4.78, 5) is 37.2. The van der Waals surface area contributed by atoms with Crippen molar-refractivity contribution in [3.63, 3.8) is 0 Å². The maximum Gasteiger partial charge on any atom is 0.345 e. The van der Waals surface area contributed by atoms with Gasteiger partial charge in [-0.05, 0) is 33.3 Å². The third kappa shape index (κ3) is 4.90. The Morgan fingerprint density at radius 1 is 1.48 bits per heavy atom. The van der Waals surface area contributed by atoms with Crippen molar-refractivity contribution < 1.29 is 24.4 Å². The summed E-state index contributed by atoms with van der Waals surface area (Å²) in [5.41, 5.74) is -1.07. The SMILES string of the molecule is COC(=O)c1cc(C)nc(NC(C)(C)CCC(=O)O)c1[N+](=O)[O-]. The average Bonchev–Trinajstić information content (AvgIpc) is 2.42. The van der Waals surface area contributed by atoms with Crippen LogP contribution in [0.25, 0.3) is 0 Å². The van der Waals surface area contributed by atoms with Crippen LogP contribution in [0.1, 0.15) is 42.7 Å². The number of aromatic nitrogens is 1. The Morgan fingerprint density at radius 3 is 2.57 bits per heavy atom. The van der Waals surface area contributed by atoms with Crippen LogP contribution < -0.4 is 5.32 Å². The van der Waals surface area contributed by atoms with Crippen LogP contribution in [0.4, 0.5) is 11.5 Å². The molecular weight excluding hydrogens is 306 g/mol. The number of carbonyl (C=O) groups is 2. The van der Waals surface area contributed by atoms with Gasteiger partial charge in [-0.15, -0.1) is 0 Å². The van der Waals surface area contributed by atoms with Gasteiger partial charge in [0.25, 0.3) is 0 Å². The number of hydrogen-bond acceptors (Lipinski definition) is 7.